The molecule has 2 rings (SSSR count). The van der Waals surface area contributed by atoms with Crippen molar-refractivity contribution < 1.29 is 23.5 Å². The van der Waals surface area contributed by atoms with E-state index in [-0.39, 0.29) is 11.5 Å². The Morgan fingerprint density at radius 3 is 2.30 bits per heavy atom. The van der Waals surface area contributed by atoms with E-state index in [9.17, 15) is 18.8 Å². The number of ether oxygens (including phenoxy) is 1. The molecule has 162 valence electrons. The standard InChI is InChI=1S/C21H27FN4O4/c1-11(2)17(23-20(28)15-9-7-8-10-16(15)22)21(29)30-14(5)19(27)24-18-12(3)25-26(6)13(18)4/h7-11,14,17H,1-6H3,(H,23,28)(H,24,27)/t14-,17+/m1/s1. The van der Waals surface area contributed by atoms with Crippen LogP contribution in [0.25, 0.3) is 0 Å². The monoisotopic (exact) mass is 418 g/mol. The molecule has 0 radical (unpaired) electrons. The fraction of sp³-hybridized carbons (Fsp3) is 0.429. The van der Waals surface area contributed by atoms with Gasteiger partial charge in [0.2, 0.25) is 0 Å². The molecule has 2 amide bonds. The van der Waals surface area contributed by atoms with Crippen LogP contribution in [0.15, 0.2) is 24.3 Å². The van der Waals surface area contributed by atoms with Crippen molar-refractivity contribution in [3.63, 3.8) is 0 Å². The number of carbonyl (C=O) groups is 3. The second-order valence-corrected chi connectivity index (χ2v) is 7.41. The van der Waals surface area contributed by atoms with E-state index in [2.05, 4.69) is 15.7 Å². The summed E-state index contributed by atoms with van der Waals surface area (Å²) in [5.74, 6) is -3.07. The van der Waals surface area contributed by atoms with Crippen LogP contribution in [0.3, 0.4) is 0 Å². The smallest absolute Gasteiger partial charge is 0.329 e. The lowest BCUT2D eigenvalue weighted by atomic mass is 10.0. The SMILES string of the molecule is Cc1nn(C)c(C)c1NC(=O)[C@@H](C)OC(=O)[C@@H](NC(=O)c1ccccc1F)C(C)C. The molecule has 30 heavy (non-hydrogen) atoms. The predicted octanol–water partition coefficient (Wildman–Crippen LogP) is 2.50. The first-order valence-corrected chi connectivity index (χ1v) is 9.59. The Labute approximate surface area is 174 Å². The Bertz CT molecular complexity index is 954. The molecule has 1 heterocycles. The molecule has 0 fully saturated rings. The van der Waals surface area contributed by atoms with Crippen LogP contribution in [0.5, 0.6) is 0 Å². The van der Waals surface area contributed by atoms with Crippen molar-refractivity contribution in [3.05, 3.63) is 47.0 Å². The van der Waals surface area contributed by atoms with Crippen LogP contribution in [-0.4, -0.2) is 39.7 Å². The average molecular weight is 418 g/mol. The van der Waals surface area contributed by atoms with Gasteiger partial charge in [-0.1, -0.05) is 26.0 Å². The van der Waals surface area contributed by atoms with E-state index in [0.29, 0.717) is 11.4 Å². The summed E-state index contributed by atoms with van der Waals surface area (Å²) in [5.41, 5.74) is 1.78. The lowest BCUT2D eigenvalue weighted by Gasteiger charge is -2.23. The molecule has 2 atom stereocenters. The minimum absolute atomic E-state index is 0.177. The molecule has 9 heteroatoms. The van der Waals surface area contributed by atoms with E-state index in [1.165, 1.54) is 25.1 Å². The molecule has 1 aromatic carbocycles. The van der Waals surface area contributed by atoms with Crippen molar-refractivity contribution in [2.75, 3.05) is 5.32 Å². The Hall–Kier alpha value is -3.23. The summed E-state index contributed by atoms with van der Waals surface area (Å²) in [6.07, 6.45) is -1.11. The number of nitrogens with zero attached hydrogens (tertiary/aromatic N) is 2. The molecule has 8 nitrogen and oxygen atoms in total. The number of carbonyl (C=O) groups excluding carboxylic acids is 3. The van der Waals surface area contributed by atoms with Crippen LogP contribution >= 0.6 is 0 Å². The molecule has 0 unspecified atom stereocenters. The minimum atomic E-state index is -1.11. The first-order chi connectivity index (χ1) is 14.0. The lowest BCUT2D eigenvalue weighted by molar-refractivity contribution is -0.156. The number of anilines is 1. The second kappa shape index (κ2) is 9.51. The molecule has 0 spiro atoms. The van der Waals surface area contributed by atoms with Gasteiger partial charge in [0.15, 0.2) is 6.10 Å². The Morgan fingerprint density at radius 2 is 1.77 bits per heavy atom. The van der Waals surface area contributed by atoms with Gasteiger partial charge in [0.05, 0.1) is 22.6 Å². The van der Waals surface area contributed by atoms with Crippen LogP contribution < -0.4 is 10.6 Å². The van der Waals surface area contributed by atoms with Crippen molar-refractivity contribution >= 4 is 23.5 Å². The van der Waals surface area contributed by atoms with Gasteiger partial charge in [-0.3, -0.25) is 14.3 Å². The number of esters is 1. The van der Waals surface area contributed by atoms with Gasteiger partial charge >= 0.3 is 5.97 Å². The normalized spacial score (nSPS) is 12.9. The van der Waals surface area contributed by atoms with Gasteiger partial charge in [-0.05, 0) is 38.8 Å². The van der Waals surface area contributed by atoms with Gasteiger partial charge in [0.1, 0.15) is 11.9 Å². The number of rotatable bonds is 7. The third-order valence-electron chi connectivity index (χ3n) is 4.75. The highest BCUT2D eigenvalue weighted by Gasteiger charge is 2.30. The van der Waals surface area contributed by atoms with Gasteiger partial charge in [-0.25, -0.2) is 9.18 Å². The zero-order valence-corrected chi connectivity index (χ0v) is 17.9. The first-order valence-electron chi connectivity index (χ1n) is 9.59. The van der Waals surface area contributed by atoms with Gasteiger partial charge in [-0.2, -0.15) is 5.10 Å². The van der Waals surface area contributed by atoms with E-state index >= 15 is 0 Å². The molecule has 0 aliphatic rings. The number of hydrogen-bond donors (Lipinski definition) is 2. The number of benzene rings is 1. The van der Waals surface area contributed by atoms with E-state index < -0.39 is 35.7 Å². The number of amides is 2. The van der Waals surface area contributed by atoms with Gasteiger partial charge in [0, 0.05) is 7.05 Å². The van der Waals surface area contributed by atoms with Crippen LogP contribution in [0.2, 0.25) is 0 Å². The molecule has 0 saturated carbocycles. The summed E-state index contributed by atoms with van der Waals surface area (Å²) in [7, 11) is 1.76. The summed E-state index contributed by atoms with van der Waals surface area (Å²) in [5, 5.41) is 9.42. The third kappa shape index (κ3) is 5.22. The summed E-state index contributed by atoms with van der Waals surface area (Å²) < 4.78 is 20.8. The zero-order valence-electron chi connectivity index (χ0n) is 17.9. The van der Waals surface area contributed by atoms with Crippen LogP contribution in [0.1, 0.15) is 42.5 Å². The van der Waals surface area contributed by atoms with Gasteiger partial charge < -0.3 is 15.4 Å². The number of aryl methyl sites for hydroxylation is 2. The molecule has 1 aromatic heterocycles. The first kappa shape index (κ1) is 23.1. The quantitative estimate of drug-likeness (QED) is 0.673. The highest BCUT2D eigenvalue weighted by Crippen LogP contribution is 2.19. The fourth-order valence-electron chi connectivity index (χ4n) is 2.84. The molecule has 2 aromatic rings. The van der Waals surface area contributed by atoms with E-state index in [0.717, 1.165) is 11.8 Å². The number of nitrogens with one attached hydrogen (secondary N) is 2. The highest BCUT2D eigenvalue weighted by molar-refractivity contribution is 5.98. The van der Waals surface area contributed by atoms with E-state index in [1.807, 2.05) is 0 Å². The Kier molecular flexibility index (Phi) is 7.31. The summed E-state index contributed by atoms with van der Waals surface area (Å²) >= 11 is 0. The maximum atomic E-state index is 13.8. The Morgan fingerprint density at radius 1 is 1.13 bits per heavy atom. The minimum Gasteiger partial charge on any atom is -0.451 e. The zero-order chi connectivity index (χ0) is 22.6. The topological polar surface area (TPSA) is 102 Å². The molecule has 0 aliphatic carbocycles. The van der Waals surface area contributed by atoms with Crippen LogP contribution in [0, 0.1) is 25.6 Å². The summed E-state index contributed by atoms with van der Waals surface area (Å²) in [4.78, 5) is 37.5. The van der Waals surface area contributed by atoms with Crippen LogP contribution in [0.4, 0.5) is 10.1 Å². The molecular formula is C21H27FN4O4. The molecule has 0 saturated heterocycles. The predicted molar refractivity (Wildman–Crippen MR) is 109 cm³/mol. The summed E-state index contributed by atoms with van der Waals surface area (Å²) in [6.45, 7) is 8.41. The second-order valence-electron chi connectivity index (χ2n) is 7.41. The van der Waals surface area contributed by atoms with Gasteiger partial charge in [0.25, 0.3) is 11.8 Å². The third-order valence-corrected chi connectivity index (χ3v) is 4.75. The summed E-state index contributed by atoms with van der Waals surface area (Å²) in [6, 6.07) is 4.42. The maximum Gasteiger partial charge on any atom is 0.329 e. The van der Waals surface area contributed by atoms with E-state index in [1.54, 1.807) is 39.4 Å². The average Bonchev–Trinajstić information content (AvgIpc) is 2.91. The number of halogens is 1. The Balaban J connectivity index is 2.06. The van der Waals surface area contributed by atoms with Crippen molar-refractivity contribution in [2.45, 2.75) is 46.8 Å². The van der Waals surface area contributed by atoms with Crippen LogP contribution in [-0.2, 0) is 21.4 Å². The maximum absolute atomic E-state index is 13.8. The lowest BCUT2D eigenvalue weighted by Crippen LogP contribution is -2.47. The molecule has 0 bridgehead atoms. The highest BCUT2D eigenvalue weighted by atomic mass is 19.1. The number of hydrogen-bond acceptors (Lipinski definition) is 5. The largest absolute Gasteiger partial charge is 0.451 e. The van der Waals surface area contributed by atoms with Gasteiger partial charge in [-0.15, -0.1) is 0 Å². The van der Waals surface area contributed by atoms with Crippen molar-refractivity contribution in [1.29, 1.82) is 0 Å². The molecule has 2 N–H and O–H groups in total. The van der Waals surface area contributed by atoms with Crippen molar-refractivity contribution in [1.82, 2.24) is 15.1 Å². The molecular weight excluding hydrogens is 391 g/mol. The molecule has 0 aliphatic heterocycles. The van der Waals surface area contributed by atoms with Crippen molar-refractivity contribution in [3.8, 4) is 0 Å². The van der Waals surface area contributed by atoms with Crippen molar-refractivity contribution in [2.24, 2.45) is 13.0 Å². The fourth-order valence-corrected chi connectivity index (χ4v) is 2.84. The van der Waals surface area contributed by atoms with E-state index in [4.69, 9.17) is 4.74 Å². The number of aromatic nitrogens is 2.